The first kappa shape index (κ1) is 14.8. The minimum Gasteiger partial charge on any atom is -0.301 e. The van der Waals surface area contributed by atoms with Gasteiger partial charge in [-0.2, -0.15) is 0 Å². The first-order valence-electron chi connectivity index (χ1n) is 6.65. The molecule has 20 heavy (non-hydrogen) atoms. The maximum absolute atomic E-state index is 12.8. The van der Waals surface area contributed by atoms with Crippen molar-refractivity contribution >= 4 is 11.8 Å². The number of rotatable bonds is 6. The summed E-state index contributed by atoms with van der Waals surface area (Å²) in [5, 5.41) is 0.618. The van der Waals surface area contributed by atoms with Crippen LogP contribution in [0.5, 0.6) is 0 Å². The van der Waals surface area contributed by atoms with E-state index in [0.717, 1.165) is 30.5 Å². The molecule has 0 amide bonds. The van der Waals surface area contributed by atoms with Crippen LogP contribution in [0.15, 0.2) is 40.3 Å². The Morgan fingerprint density at radius 1 is 1.30 bits per heavy atom. The molecule has 106 valence electrons. The lowest BCUT2D eigenvalue weighted by Crippen LogP contribution is -2.10. The fraction of sp³-hybridized carbons (Fsp3) is 0.333. The van der Waals surface area contributed by atoms with Crippen molar-refractivity contribution < 1.29 is 4.39 Å². The molecule has 2 rings (SSSR count). The zero-order valence-corrected chi connectivity index (χ0v) is 12.2. The molecule has 0 aliphatic rings. The molecule has 1 aromatic heterocycles. The number of aryl methyl sites for hydroxylation is 1. The van der Waals surface area contributed by atoms with Gasteiger partial charge in [-0.05, 0) is 30.5 Å². The van der Waals surface area contributed by atoms with Crippen molar-refractivity contribution in [1.29, 1.82) is 0 Å². The predicted octanol–water partition coefficient (Wildman–Crippen LogP) is 3.54. The van der Waals surface area contributed by atoms with Crippen LogP contribution in [0.3, 0.4) is 0 Å². The normalized spacial score (nSPS) is 10.7. The molecule has 1 N–H and O–H groups in total. The van der Waals surface area contributed by atoms with Gasteiger partial charge in [-0.3, -0.25) is 4.79 Å². The third-order valence-electron chi connectivity index (χ3n) is 2.85. The molecular formula is C15H17FN2OS. The lowest BCUT2D eigenvalue weighted by molar-refractivity contribution is 0.627. The summed E-state index contributed by atoms with van der Waals surface area (Å²) in [4.78, 5) is 18.7. The minimum atomic E-state index is -0.244. The van der Waals surface area contributed by atoms with Crippen LogP contribution in [-0.4, -0.2) is 9.97 Å². The fourth-order valence-electron chi connectivity index (χ4n) is 1.77. The number of hydrogen-bond donors (Lipinski definition) is 1. The molecule has 0 fully saturated rings. The topological polar surface area (TPSA) is 45.8 Å². The zero-order valence-electron chi connectivity index (χ0n) is 11.4. The van der Waals surface area contributed by atoms with Crippen LogP contribution in [-0.2, 0) is 12.2 Å². The summed E-state index contributed by atoms with van der Waals surface area (Å²) in [6.45, 7) is 2.11. The van der Waals surface area contributed by atoms with Crippen molar-refractivity contribution in [3.8, 4) is 0 Å². The van der Waals surface area contributed by atoms with Crippen molar-refractivity contribution in [3.05, 3.63) is 57.8 Å². The van der Waals surface area contributed by atoms with Gasteiger partial charge in [0.25, 0.3) is 5.56 Å². The van der Waals surface area contributed by atoms with Gasteiger partial charge in [-0.1, -0.05) is 37.2 Å². The average Bonchev–Trinajstić information content (AvgIpc) is 2.44. The van der Waals surface area contributed by atoms with E-state index >= 15 is 0 Å². The van der Waals surface area contributed by atoms with E-state index in [-0.39, 0.29) is 11.4 Å². The second-order valence-corrected chi connectivity index (χ2v) is 5.52. The van der Waals surface area contributed by atoms with Crippen molar-refractivity contribution in [2.75, 3.05) is 0 Å². The smallest absolute Gasteiger partial charge is 0.251 e. The molecule has 3 nitrogen and oxygen atoms in total. The highest BCUT2D eigenvalue weighted by molar-refractivity contribution is 7.98. The number of benzene rings is 1. The summed E-state index contributed by atoms with van der Waals surface area (Å²) in [7, 11) is 0. The summed E-state index contributed by atoms with van der Waals surface area (Å²) >= 11 is 1.45. The summed E-state index contributed by atoms with van der Waals surface area (Å²) in [5.41, 5.74) is 1.71. The Balaban J connectivity index is 2.03. The molecule has 0 saturated carbocycles. The van der Waals surface area contributed by atoms with E-state index in [9.17, 15) is 9.18 Å². The second kappa shape index (κ2) is 7.24. The fourth-order valence-corrected chi connectivity index (χ4v) is 2.62. The zero-order chi connectivity index (χ0) is 14.4. The molecule has 0 atom stereocenters. The molecule has 0 unspecified atom stereocenters. The Morgan fingerprint density at radius 2 is 2.05 bits per heavy atom. The molecule has 0 radical (unpaired) electrons. The lowest BCUT2D eigenvalue weighted by Gasteiger charge is -2.04. The van der Waals surface area contributed by atoms with Crippen LogP contribution >= 0.6 is 11.8 Å². The van der Waals surface area contributed by atoms with Crippen molar-refractivity contribution in [3.63, 3.8) is 0 Å². The van der Waals surface area contributed by atoms with Crippen LogP contribution in [0.4, 0.5) is 4.39 Å². The van der Waals surface area contributed by atoms with Crippen LogP contribution in [0, 0.1) is 5.82 Å². The second-order valence-electron chi connectivity index (χ2n) is 4.56. The highest BCUT2D eigenvalue weighted by atomic mass is 32.2. The van der Waals surface area contributed by atoms with Gasteiger partial charge < -0.3 is 4.98 Å². The maximum atomic E-state index is 12.8. The molecule has 0 aliphatic carbocycles. The van der Waals surface area contributed by atoms with Crippen LogP contribution in [0.25, 0.3) is 0 Å². The Labute approximate surface area is 121 Å². The summed E-state index contributed by atoms with van der Waals surface area (Å²) in [6.07, 6.45) is 2.93. The molecule has 5 heteroatoms. The predicted molar refractivity (Wildman–Crippen MR) is 79.4 cm³/mol. The minimum absolute atomic E-state index is 0.118. The van der Waals surface area contributed by atoms with Crippen molar-refractivity contribution in [1.82, 2.24) is 9.97 Å². The SMILES string of the molecule is CCCCc1cc(=O)[nH]c(SCc2ccc(F)cc2)n1. The highest BCUT2D eigenvalue weighted by Gasteiger charge is 2.03. The van der Waals surface area contributed by atoms with Gasteiger partial charge in [-0.15, -0.1) is 0 Å². The Bertz CT molecular complexity index is 610. The van der Waals surface area contributed by atoms with Gasteiger partial charge in [0, 0.05) is 17.5 Å². The van der Waals surface area contributed by atoms with E-state index in [0.29, 0.717) is 10.9 Å². The van der Waals surface area contributed by atoms with Gasteiger partial charge in [0.15, 0.2) is 5.16 Å². The standard InChI is InChI=1S/C15H17FN2OS/c1-2-3-4-13-9-14(19)18-15(17-13)20-10-11-5-7-12(16)8-6-11/h5-9H,2-4,10H2,1H3,(H,17,18,19). The molecular weight excluding hydrogens is 275 g/mol. The lowest BCUT2D eigenvalue weighted by atomic mass is 10.2. The van der Waals surface area contributed by atoms with E-state index < -0.39 is 0 Å². The number of aromatic amines is 1. The third-order valence-corrected chi connectivity index (χ3v) is 3.79. The molecule has 0 aliphatic heterocycles. The number of H-pyrrole nitrogens is 1. The highest BCUT2D eigenvalue weighted by Crippen LogP contribution is 2.18. The van der Waals surface area contributed by atoms with Crippen molar-refractivity contribution in [2.45, 2.75) is 37.1 Å². The van der Waals surface area contributed by atoms with Crippen LogP contribution in [0.1, 0.15) is 31.0 Å². The number of nitrogens with zero attached hydrogens (tertiary/aromatic N) is 1. The number of halogens is 1. The molecule has 1 aromatic carbocycles. The van der Waals surface area contributed by atoms with Crippen LogP contribution in [0.2, 0.25) is 0 Å². The number of nitrogens with one attached hydrogen (secondary N) is 1. The maximum Gasteiger partial charge on any atom is 0.251 e. The first-order chi connectivity index (χ1) is 9.67. The summed E-state index contributed by atoms with van der Waals surface area (Å²) in [5.74, 6) is 0.410. The van der Waals surface area contributed by atoms with E-state index in [2.05, 4.69) is 16.9 Å². The largest absolute Gasteiger partial charge is 0.301 e. The quantitative estimate of drug-likeness (QED) is 0.654. The Kier molecular flexibility index (Phi) is 5.35. The van der Waals surface area contributed by atoms with E-state index in [1.165, 1.54) is 23.9 Å². The first-order valence-corrected chi connectivity index (χ1v) is 7.63. The molecule has 2 aromatic rings. The molecule has 0 bridgehead atoms. The van der Waals surface area contributed by atoms with E-state index in [4.69, 9.17) is 0 Å². The monoisotopic (exact) mass is 292 g/mol. The van der Waals surface area contributed by atoms with Gasteiger partial charge in [0.1, 0.15) is 5.82 Å². The summed E-state index contributed by atoms with van der Waals surface area (Å²) < 4.78 is 12.8. The van der Waals surface area contributed by atoms with E-state index in [1.54, 1.807) is 18.2 Å². The van der Waals surface area contributed by atoms with Gasteiger partial charge in [0.05, 0.1) is 0 Å². The molecule has 0 saturated heterocycles. The summed E-state index contributed by atoms with van der Waals surface area (Å²) in [6, 6.07) is 7.90. The number of aromatic nitrogens is 2. The van der Waals surface area contributed by atoms with Crippen molar-refractivity contribution in [2.24, 2.45) is 0 Å². The van der Waals surface area contributed by atoms with Gasteiger partial charge >= 0.3 is 0 Å². The number of unbranched alkanes of at least 4 members (excludes halogenated alkanes) is 1. The average molecular weight is 292 g/mol. The van der Waals surface area contributed by atoms with Gasteiger partial charge in [-0.25, -0.2) is 9.37 Å². The van der Waals surface area contributed by atoms with E-state index in [1.807, 2.05) is 0 Å². The molecule has 0 spiro atoms. The van der Waals surface area contributed by atoms with Crippen LogP contribution < -0.4 is 5.56 Å². The number of thioether (sulfide) groups is 1. The Morgan fingerprint density at radius 3 is 2.75 bits per heavy atom. The number of hydrogen-bond acceptors (Lipinski definition) is 3. The third kappa shape index (κ3) is 4.49. The Hall–Kier alpha value is -1.62. The van der Waals surface area contributed by atoms with Gasteiger partial charge in [0.2, 0.25) is 0 Å². The molecule has 1 heterocycles.